The van der Waals surface area contributed by atoms with Crippen molar-refractivity contribution in [3.05, 3.63) is 47.3 Å². The van der Waals surface area contributed by atoms with E-state index in [4.69, 9.17) is 11.0 Å². The first kappa shape index (κ1) is 13.7. The van der Waals surface area contributed by atoms with Crippen molar-refractivity contribution in [3.8, 4) is 6.07 Å². The number of primary amides is 1. The van der Waals surface area contributed by atoms with Gasteiger partial charge in [0.1, 0.15) is 23.0 Å². The van der Waals surface area contributed by atoms with E-state index in [-0.39, 0.29) is 11.3 Å². The molecular formula is C13H14N2O3. The average molecular weight is 246 g/mol. The van der Waals surface area contributed by atoms with Gasteiger partial charge in [-0.1, -0.05) is 18.2 Å². The maximum absolute atomic E-state index is 10.7. The summed E-state index contributed by atoms with van der Waals surface area (Å²) in [5.41, 5.74) is 4.25. The number of nitriles is 1. The van der Waals surface area contributed by atoms with Crippen LogP contribution in [0.1, 0.15) is 13.3 Å². The van der Waals surface area contributed by atoms with Crippen molar-refractivity contribution in [2.75, 3.05) is 0 Å². The molecular weight excluding hydrogens is 232 g/mol. The molecule has 1 amide bonds. The largest absolute Gasteiger partial charge is 0.509 e. The summed E-state index contributed by atoms with van der Waals surface area (Å²) in [5, 5.41) is 27.8. The fourth-order valence-electron chi connectivity index (χ4n) is 1.34. The van der Waals surface area contributed by atoms with Crippen molar-refractivity contribution in [1.82, 2.24) is 0 Å². The van der Waals surface area contributed by atoms with Crippen LogP contribution in [0.3, 0.4) is 0 Å². The van der Waals surface area contributed by atoms with Crippen LogP contribution in [0.4, 0.5) is 0 Å². The number of nitrogens with two attached hydrogens (primary N) is 1. The van der Waals surface area contributed by atoms with Gasteiger partial charge < -0.3 is 15.9 Å². The summed E-state index contributed by atoms with van der Waals surface area (Å²) in [7, 11) is 0. The van der Waals surface area contributed by atoms with Gasteiger partial charge in [-0.05, 0) is 24.6 Å². The lowest BCUT2D eigenvalue weighted by Gasteiger charge is -2.24. The van der Waals surface area contributed by atoms with Crippen molar-refractivity contribution in [1.29, 1.82) is 5.26 Å². The van der Waals surface area contributed by atoms with Crippen molar-refractivity contribution >= 4 is 5.91 Å². The first-order valence-electron chi connectivity index (χ1n) is 5.29. The number of carbonyl (C=O) groups excluding carboxylic acids is 1. The Morgan fingerprint density at radius 2 is 2.33 bits per heavy atom. The van der Waals surface area contributed by atoms with Crippen molar-refractivity contribution < 1.29 is 15.0 Å². The van der Waals surface area contributed by atoms with Crippen molar-refractivity contribution in [2.45, 2.75) is 18.9 Å². The van der Waals surface area contributed by atoms with Gasteiger partial charge in [0.25, 0.3) is 5.91 Å². The Hall–Kier alpha value is -2.32. The zero-order chi connectivity index (χ0) is 13.8. The zero-order valence-corrected chi connectivity index (χ0v) is 9.92. The Morgan fingerprint density at radius 1 is 1.67 bits per heavy atom. The highest BCUT2D eigenvalue weighted by Gasteiger charge is 2.26. The smallest absolute Gasteiger partial charge is 0.259 e. The molecule has 0 aromatic heterocycles. The number of carbonyl (C=O) groups is 1. The number of aliphatic hydroxyl groups is 2. The quantitative estimate of drug-likeness (QED) is 0.392. The molecule has 1 rings (SSSR count). The van der Waals surface area contributed by atoms with Crippen LogP contribution < -0.4 is 5.73 Å². The second kappa shape index (κ2) is 5.34. The molecule has 0 fully saturated rings. The van der Waals surface area contributed by atoms with Crippen LogP contribution in [0.2, 0.25) is 0 Å². The number of hydrogen-bond acceptors (Lipinski definition) is 4. The molecule has 0 aromatic rings. The highest BCUT2D eigenvalue weighted by atomic mass is 16.3. The predicted octanol–water partition coefficient (Wildman–Crippen LogP) is 1.00. The Balaban J connectivity index is 2.81. The van der Waals surface area contributed by atoms with Crippen LogP contribution in [0, 0.1) is 11.3 Å². The molecule has 5 nitrogen and oxygen atoms in total. The molecule has 0 aliphatic heterocycles. The van der Waals surface area contributed by atoms with Gasteiger partial charge in [-0.3, -0.25) is 4.79 Å². The molecule has 1 unspecified atom stereocenters. The van der Waals surface area contributed by atoms with Crippen molar-refractivity contribution in [2.24, 2.45) is 5.73 Å². The van der Waals surface area contributed by atoms with E-state index in [0.29, 0.717) is 12.0 Å². The Morgan fingerprint density at radius 3 is 2.83 bits per heavy atom. The summed E-state index contributed by atoms with van der Waals surface area (Å²) in [6, 6.07) is 1.67. The van der Waals surface area contributed by atoms with E-state index < -0.39 is 11.5 Å². The fourth-order valence-corrected chi connectivity index (χ4v) is 1.34. The molecule has 0 aromatic carbocycles. The standard InChI is InChI=1S/C13H14N2O3/c1-13(18)6-5-9(7-11(13)16)3-2-4-10(8-14)12(15)17/h2-5,7,16,18H,6H2,1H3,(H2,15,17)/b3-2+,10-4+. The Bertz CT molecular complexity index is 517. The van der Waals surface area contributed by atoms with E-state index in [0.717, 1.165) is 0 Å². The van der Waals surface area contributed by atoms with Gasteiger partial charge in [0, 0.05) is 6.42 Å². The molecule has 1 atom stereocenters. The van der Waals surface area contributed by atoms with Gasteiger partial charge >= 0.3 is 0 Å². The molecule has 5 heteroatoms. The van der Waals surface area contributed by atoms with E-state index >= 15 is 0 Å². The van der Waals surface area contributed by atoms with Crippen molar-refractivity contribution in [3.63, 3.8) is 0 Å². The number of nitrogens with zero attached hydrogens (tertiary/aromatic N) is 1. The third-order valence-corrected chi connectivity index (χ3v) is 2.53. The highest BCUT2D eigenvalue weighted by Crippen LogP contribution is 2.26. The molecule has 0 saturated heterocycles. The number of aliphatic hydroxyl groups excluding tert-OH is 1. The lowest BCUT2D eigenvalue weighted by molar-refractivity contribution is -0.114. The molecule has 18 heavy (non-hydrogen) atoms. The SMILES string of the molecule is CC1(O)CC=C(/C=C/C=C(\C#N)C(N)=O)C=C1O. The summed E-state index contributed by atoms with van der Waals surface area (Å²) in [6.45, 7) is 1.51. The second-order valence-electron chi connectivity index (χ2n) is 4.13. The fraction of sp³-hybridized carbons (Fsp3) is 0.231. The molecule has 0 bridgehead atoms. The van der Waals surface area contributed by atoms with E-state index in [2.05, 4.69) is 0 Å². The van der Waals surface area contributed by atoms with Gasteiger partial charge in [-0.25, -0.2) is 0 Å². The van der Waals surface area contributed by atoms with E-state index in [1.165, 1.54) is 25.2 Å². The van der Waals surface area contributed by atoms with E-state index in [9.17, 15) is 15.0 Å². The molecule has 0 spiro atoms. The van der Waals surface area contributed by atoms with E-state index in [1.807, 2.05) is 0 Å². The maximum Gasteiger partial charge on any atom is 0.259 e. The molecule has 0 saturated carbocycles. The van der Waals surface area contributed by atoms with E-state index in [1.54, 1.807) is 18.2 Å². The topological polar surface area (TPSA) is 107 Å². The monoisotopic (exact) mass is 246 g/mol. The minimum absolute atomic E-state index is 0.121. The van der Waals surface area contributed by atoms with Crippen LogP contribution in [-0.4, -0.2) is 21.7 Å². The van der Waals surface area contributed by atoms with Gasteiger partial charge in [0.05, 0.1) is 0 Å². The lowest BCUT2D eigenvalue weighted by atomic mass is 9.92. The van der Waals surface area contributed by atoms with Gasteiger partial charge in [0.2, 0.25) is 0 Å². The Labute approximate surface area is 105 Å². The first-order chi connectivity index (χ1) is 8.36. The zero-order valence-electron chi connectivity index (χ0n) is 9.92. The van der Waals surface area contributed by atoms with Crippen LogP contribution in [-0.2, 0) is 4.79 Å². The van der Waals surface area contributed by atoms with Gasteiger partial charge in [-0.2, -0.15) is 5.26 Å². The summed E-state index contributed by atoms with van der Waals surface area (Å²) in [6.07, 6.45) is 7.83. The maximum atomic E-state index is 10.7. The van der Waals surface area contributed by atoms with Crippen LogP contribution in [0.5, 0.6) is 0 Å². The highest BCUT2D eigenvalue weighted by molar-refractivity contribution is 5.96. The van der Waals surface area contributed by atoms with Crippen LogP contribution in [0.15, 0.2) is 47.3 Å². The van der Waals surface area contributed by atoms with Gasteiger partial charge in [-0.15, -0.1) is 0 Å². The third-order valence-electron chi connectivity index (χ3n) is 2.53. The summed E-state index contributed by atoms with van der Waals surface area (Å²) < 4.78 is 0. The van der Waals surface area contributed by atoms with Crippen LogP contribution in [0.25, 0.3) is 0 Å². The minimum Gasteiger partial charge on any atom is -0.509 e. The number of hydrogen-bond donors (Lipinski definition) is 3. The molecule has 0 heterocycles. The molecule has 1 aliphatic rings. The number of rotatable bonds is 3. The average Bonchev–Trinajstić information content (AvgIpc) is 2.29. The predicted molar refractivity (Wildman–Crippen MR) is 66.1 cm³/mol. The number of allylic oxidation sites excluding steroid dienone is 5. The second-order valence-corrected chi connectivity index (χ2v) is 4.13. The number of amides is 1. The lowest BCUT2D eigenvalue weighted by Crippen LogP contribution is -2.28. The summed E-state index contributed by atoms with van der Waals surface area (Å²) in [4.78, 5) is 10.7. The summed E-state index contributed by atoms with van der Waals surface area (Å²) >= 11 is 0. The Kier molecular flexibility index (Phi) is 4.08. The summed E-state index contributed by atoms with van der Waals surface area (Å²) in [5.74, 6) is -0.912. The van der Waals surface area contributed by atoms with Crippen LogP contribution >= 0.6 is 0 Å². The first-order valence-corrected chi connectivity index (χ1v) is 5.29. The molecule has 94 valence electrons. The molecule has 1 aliphatic carbocycles. The third kappa shape index (κ3) is 3.34. The normalized spacial score (nSPS) is 24.4. The minimum atomic E-state index is -1.24. The molecule has 0 radical (unpaired) electrons. The molecule has 4 N–H and O–H groups in total. The van der Waals surface area contributed by atoms with Gasteiger partial charge in [0.15, 0.2) is 0 Å².